The van der Waals surface area contributed by atoms with Crippen LogP contribution in [0.1, 0.15) is 12.6 Å². The van der Waals surface area contributed by atoms with Gasteiger partial charge in [-0.2, -0.15) is 0 Å². The smallest absolute Gasteiger partial charge is 0.183 e. The molecule has 0 unspecified atom stereocenters. The molecule has 0 aliphatic carbocycles. The van der Waals surface area contributed by atoms with Gasteiger partial charge in [0.1, 0.15) is 5.75 Å². The zero-order valence-corrected chi connectivity index (χ0v) is 13.3. The molecule has 3 rings (SSSR count). The Labute approximate surface area is 128 Å². The molecule has 0 spiro atoms. The highest BCUT2D eigenvalue weighted by molar-refractivity contribution is 7.19. The molecule has 1 aromatic heterocycles. The van der Waals surface area contributed by atoms with Crippen molar-refractivity contribution < 1.29 is 4.74 Å². The van der Waals surface area contributed by atoms with E-state index in [-0.39, 0.29) is 0 Å². The molecule has 108 valence electrons. The molecule has 0 saturated heterocycles. The number of rotatable bonds is 4. The van der Waals surface area contributed by atoms with Crippen LogP contribution in [0.15, 0.2) is 36.4 Å². The minimum absolute atomic E-state index is 0.655. The lowest BCUT2D eigenvalue weighted by Gasteiger charge is -2.12. The third-order valence-corrected chi connectivity index (χ3v) is 4.62. The number of ether oxygens (including phenoxy) is 1. The monoisotopic (exact) mass is 298 g/mol. The van der Waals surface area contributed by atoms with Crippen molar-refractivity contribution in [2.45, 2.75) is 13.8 Å². The molecule has 0 bridgehead atoms. The van der Waals surface area contributed by atoms with Gasteiger partial charge in [0.05, 0.1) is 17.2 Å². The van der Waals surface area contributed by atoms with E-state index in [0.29, 0.717) is 6.61 Å². The minimum Gasteiger partial charge on any atom is -0.493 e. The van der Waals surface area contributed by atoms with Gasteiger partial charge < -0.3 is 10.1 Å². The molecule has 0 aliphatic heterocycles. The molecular weight excluding hydrogens is 280 g/mol. The fourth-order valence-electron chi connectivity index (χ4n) is 2.50. The van der Waals surface area contributed by atoms with E-state index in [4.69, 9.17) is 4.74 Å². The number of aromatic nitrogens is 1. The third-order valence-electron chi connectivity index (χ3n) is 3.43. The normalized spacial score (nSPS) is 10.8. The highest BCUT2D eigenvalue weighted by Crippen LogP contribution is 2.42. The molecule has 1 N–H and O–H groups in total. The Hall–Kier alpha value is -2.07. The second kappa shape index (κ2) is 5.74. The van der Waals surface area contributed by atoms with Gasteiger partial charge in [-0.1, -0.05) is 41.7 Å². The van der Waals surface area contributed by atoms with Crippen LogP contribution in [0.3, 0.4) is 0 Å². The maximum absolute atomic E-state index is 5.86. The molecule has 4 heteroatoms. The van der Waals surface area contributed by atoms with Crippen molar-refractivity contribution >= 4 is 27.2 Å². The molecule has 21 heavy (non-hydrogen) atoms. The number of hydrogen-bond acceptors (Lipinski definition) is 4. The largest absolute Gasteiger partial charge is 0.493 e. The van der Waals surface area contributed by atoms with Crippen molar-refractivity contribution in [1.29, 1.82) is 0 Å². The SMILES string of the molecule is CCOc1ccc2ccccc2c1-c1sc(NC)nc1C. The number of hydrogen-bond donors (Lipinski definition) is 1. The van der Waals surface area contributed by atoms with Gasteiger partial charge in [-0.15, -0.1) is 0 Å². The van der Waals surface area contributed by atoms with Crippen molar-refractivity contribution in [3.8, 4) is 16.2 Å². The van der Waals surface area contributed by atoms with Gasteiger partial charge >= 0.3 is 0 Å². The van der Waals surface area contributed by atoms with Crippen LogP contribution in [0, 0.1) is 6.92 Å². The lowest BCUT2D eigenvalue weighted by Crippen LogP contribution is -1.95. The maximum Gasteiger partial charge on any atom is 0.183 e. The average Bonchev–Trinajstić information content (AvgIpc) is 2.88. The number of fused-ring (bicyclic) bond motifs is 1. The molecule has 0 amide bonds. The van der Waals surface area contributed by atoms with E-state index in [1.807, 2.05) is 20.9 Å². The molecule has 0 saturated carbocycles. The van der Waals surface area contributed by atoms with Gasteiger partial charge in [0.25, 0.3) is 0 Å². The summed E-state index contributed by atoms with van der Waals surface area (Å²) in [5, 5.41) is 6.48. The maximum atomic E-state index is 5.86. The fourth-order valence-corrected chi connectivity index (χ4v) is 3.48. The Balaban J connectivity index is 2.31. The summed E-state index contributed by atoms with van der Waals surface area (Å²) < 4.78 is 5.86. The van der Waals surface area contributed by atoms with Crippen LogP contribution in [0.2, 0.25) is 0 Å². The van der Waals surface area contributed by atoms with E-state index < -0.39 is 0 Å². The molecule has 0 fully saturated rings. The molecule has 2 aromatic carbocycles. The first-order valence-electron chi connectivity index (χ1n) is 7.04. The van der Waals surface area contributed by atoms with Crippen LogP contribution in [0.4, 0.5) is 5.13 Å². The molecule has 0 atom stereocenters. The van der Waals surface area contributed by atoms with Gasteiger partial charge in [0.2, 0.25) is 0 Å². The van der Waals surface area contributed by atoms with Gasteiger partial charge in [-0.3, -0.25) is 0 Å². The molecular formula is C17H18N2OS. The highest BCUT2D eigenvalue weighted by Gasteiger charge is 2.16. The minimum atomic E-state index is 0.655. The van der Waals surface area contributed by atoms with Crippen LogP contribution < -0.4 is 10.1 Å². The molecule has 3 aromatic rings. The van der Waals surface area contributed by atoms with Gasteiger partial charge in [-0.25, -0.2) is 4.98 Å². The number of thiazole rings is 1. The lowest BCUT2D eigenvalue weighted by atomic mass is 10.0. The van der Waals surface area contributed by atoms with E-state index in [2.05, 4.69) is 46.7 Å². The number of benzene rings is 2. The number of nitrogens with one attached hydrogen (secondary N) is 1. The van der Waals surface area contributed by atoms with Crippen LogP contribution >= 0.6 is 11.3 Å². The first-order valence-corrected chi connectivity index (χ1v) is 7.86. The van der Waals surface area contributed by atoms with Crippen LogP contribution in [0.25, 0.3) is 21.2 Å². The Morgan fingerprint density at radius 3 is 2.71 bits per heavy atom. The lowest BCUT2D eigenvalue weighted by molar-refractivity contribution is 0.342. The summed E-state index contributed by atoms with van der Waals surface area (Å²) in [6, 6.07) is 12.6. The summed E-state index contributed by atoms with van der Waals surface area (Å²) in [5.41, 5.74) is 2.17. The Morgan fingerprint density at radius 1 is 1.19 bits per heavy atom. The van der Waals surface area contributed by atoms with E-state index >= 15 is 0 Å². The number of aryl methyl sites for hydroxylation is 1. The number of anilines is 1. The van der Waals surface area contributed by atoms with Gasteiger partial charge in [0.15, 0.2) is 5.13 Å². The van der Waals surface area contributed by atoms with E-state index in [1.165, 1.54) is 15.6 Å². The van der Waals surface area contributed by atoms with Crippen molar-refractivity contribution in [3.05, 3.63) is 42.1 Å². The summed E-state index contributed by atoms with van der Waals surface area (Å²) in [7, 11) is 1.90. The zero-order valence-electron chi connectivity index (χ0n) is 12.4. The van der Waals surface area contributed by atoms with Crippen molar-refractivity contribution in [1.82, 2.24) is 4.98 Å². The zero-order chi connectivity index (χ0) is 14.8. The molecule has 1 heterocycles. The summed E-state index contributed by atoms with van der Waals surface area (Å²) >= 11 is 1.67. The Kier molecular flexibility index (Phi) is 3.80. The summed E-state index contributed by atoms with van der Waals surface area (Å²) in [6.45, 7) is 4.71. The topological polar surface area (TPSA) is 34.1 Å². The number of nitrogens with zero attached hydrogens (tertiary/aromatic N) is 1. The average molecular weight is 298 g/mol. The second-order valence-electron chi connectivity index (χ2n) is 4.78. The summed E-state index contributed by atoms with van der Waals surface area (Å²) in [6.07, 6.45) is 0. The second-order valence-corrected chi connectivity index (χ2v) is 5.78. The first-order chi connectivity index (χ1) is 10.2. The molecule has 0 radical (unpaired) electrons. The third kappa shape index (κ3) is 2.47. The van der Waals surface area contributed by atoms with E-state index in [9.17, 15) is 0 Å². The van der Waals surface area contributed by atoms with E-state index in [1.54, 1.807) is 11.3 Å². The van der Waals surface area contributed by atoms with E-state index in [0.717, 1.165) is 22.1 Å². The van der Waals surface area contributed by atoms with Crippen molar-refractivity contribution in [2.24, 2.45) is 0 Å². The fraction of sp³-hybridized carbons (Fsp3) is 0.235. The van der Waals surface area contributed by atoms with Crippen molar-refractivity contribution in [2.75, 3.05) is 19.0 Å². The standard InChI is InChI=1S/C17H18N2OS/c1-4-20-14-10-9-12-7-5-6-8-13(12)15(14)16-11(2)19-17(18-3)21-16/h5-10H,4H2,1-3H3,(H,18,19). The van der Waals surface area contributed by atoms with Gasteiger partial charge in [0, 0.05) is 12.6 Å². The first kappa shape index (κ1) is 13.9. The Morgan fingerprint density at radius 2 is 2.00 bits per heavy atom. The predicted octanol–water partition coefficient (Wildman–Crippen LogP) is 4.71. The highest BCUT2D eigenvalue weighted by atomic mass is 32.1. The van der Waals surface area contributed by atoms with Gasteiger partial charge in [-0.05, 0) is 30.7 Å². The molecule has 3 nitrogen and oxygen atoms in total. The Bertz CT molecular complexity index is 780. The summed E-state index contributed by atoms with van der Waals surface area (Å²) in [4.78, 5) is 5.73. The molecule has 0 aliphatic rings. The van der Waals surface area contributed by atoms with Crippen LogP contribution in [-0.2, 0) is 0 Å². The van der Waals surface area contributed by atoms with Crippen LogP contribution in [-0.4, -0.2) is 18.6 Å². The van der Waals surface area contributed by atoms with Crippen LogP contribution in [0.5, 0.6) is 5.75 Å². The predicted molar refractivity (Wildman–Crippen MR) is 90.5 cm³/mol. The summed E-state index contributed by atoms with van der Waals surface area (Å²) in [5.74, 6) is 0.922. The van der Waals surface area contributed by atoms with Crippen molar-refractivity contribution in [3.63, 3.8) is 0 Å². The quantitative estimate of drug-likeness (QED) is 0.757.